The summed E-state index contributed by atoms with van der Waals surface area (Å²) in [7, 11) is -0.187. The summed E-state index contributed by atoms with van der Waals surface area (Å²) in [4.78, 5) is 36.6. The highest BCUT2D eigenvalue weighted by atomic mass is 31.2. The number of anilines is 1. The van der Waals surface area contributed by atoms with Gasteiger partial charge in [-0.1, -0.05) is 6.07 Å². The molecule has 4 rings (SSSR count). The third-order valence-corrected chi connectivity index (χ3v) is 5.90. The Morgan fingerprint density at radius 3 is 2.65 bits per heavy atom. The maximum Gasteiger partial charge on any atom is 0.166 e. The average molecular weight is 439 g/mol. The van der Waals surface area contributed by atoms with Crippen molar-refractivity contribution in [3.05, 3.63) is 54.1 Å². The number of hydrogen-bond donors (Lipinski definition) is 2. The molecule has 9 heteroatoms. The smallest absolute Gasteiger partial charge is 0.166 e. The molecule has 0 bridgehead atoms. The maximum atomic E-state index is 9.18. The lowest BCUT2D eigenvalue weighted by Crippen LogP contribution is -2.47. The first kappa shape index (κ1) is 21.6. The number of aromatic nitrogens is 3. The molecule has 8 nitrogen and oxygen atoms in total. The van der Waals surface area contributed by atoms with Gasteiger partial charge in [-0.25, -0.2) is 9.97 Å². The van der Waals surface area contributed by atoms with Crippen molar-refractivity contribution < 1.29 is 14.5 Å². The molecule has 2 aromatic heterocycles. The van der Waals surface area contributed by atoms with Gasteiger partial charge in [0.15, 0.2) is 14.2 Å². The average Bonchev–Trinajstić information content (AvgIpc) is 2.81. The zero-order valence-electron chi connectivity index (χ0n) is 17.4. The molecular weight excluding hydrogens is 413 g/mol. The van der Waals surface area contributed by atoms with E-state index in [-0.39, 0.29) is 0 Å². The molecule has 0 amide bonds. The summed E-state index contributed by atoms with van der Waals surface area (Å²) in [6.45, 7) is 4.04. The minimum absolute atomic E-state index is 0.425. The zero-order chi connectivity index (χ0) is 21.6. The third-order valence-electron chi connectivity index (χ3n) is 5.30. The predicted molar refractivity (Wildman–Crippen MR) is 124 cm³/mol. The molecule has 3 heterocycles. The van der Waals surface area contributed by atoms with Crippen LogP contribution in [0, 0.1) is 0 Å². The molecular formula is C22H26N5O3P. The van der Waals surface area contributed by atoms with Crippen LogP contribution in [0.3, 0.4) is 0 Å². The zero-order valence-corrected chi connectivity index (χ0v) is 18.3. The molecule has 0 aliphatic carbocycles. The molecule has 0 radical (unpaired) electrons. The standard InChI is InChI=1S/C22H26N5O3P/c1-30-18-5-6-19-20(15-18)24-21(7-4-17-3-2-8-23-16-17)25-22(19)27-11-9-26(10-12-27)13-14-31(28)29/h2-8,15-16,28-29H,9-14H2,1H3/b7-4+. The molecule has 0 spiro atoms. The molecule has 1 fully saturated rings. The van der Waals surface area contributed by atoms with Gasteiger partial charge in [-0.05, 0) is 35.9 Å². The van der Waals surface area contributed by atoms with E-state index in [1.54, 1.807) is 19.5 Å². The quantitative estimate of drug-likeness (QED) is 0.543. The van der Waals surface area contributed by atoms with Gasteiger partial charge in [-0.15, -0.1) is 0 Å². The van der Waals surface area contributed by atoms with Gasteiger partial charge in [0, 0.05) is 62.7 Å². The third kappa shape index (κ3) is 5.54. The number of hydrogen-bond acceptors (Lipinski definition) is 8. The number of nitrogens with zero attached hydrogens (tertiary/aromatic N) is 5. The van der Waals surface area contributed by atoms with E-state index in [4.69, 9.17) is 14.7 Å². The predicted octanol–water partition coefficient (Wildman–Crippen LogP) is 2.62. The molecule has 2 N–H and O–H groups in total. The second kappa shape index (κ2) is 10.1. The van der Waals surface area contributed by atoms with Crippen molar-refractivity contribution in [1.82, 2.24) is 19.9 Å². The highest BCUT2D eigenvalue weighted by Gasteiger charge is 2.21. The summed E-state index contributed by atoms with van der Waals surface area (Å²) in [5, 5.41) is 0.988. The van der Waals surface area contributed by atoms with Crippen LogP contribution in [-0.4, -0.2) is 75.6 Å². The molecule has 0 unspecified atom stereocenters. The molecule has 1 saturated heterocycles. The van der Waals surface area contributed by atoms with Crippen molar-refractivity contribution in [3.63, 3.8) is 0 Å². The number of piperazine rings is 1. The van der Waals surface area contributed by atoms with Crippen LogP contribution in [0.2, 0.25) is 0 Å². The van der Waals surface area contributed by atoms with Gasteiger partial charge in [0.05, 0.1) is 12.6 Å². The lowest BCUT2D eigenvalue weighted by atomic mass is 10.2. The Bertz CT molecular complexity index is 1040. The van der Waals surface area contributed by atoms with Crippen LogP contribution < -0.4 is 9.64 Å². The first-order valence-corrected chi connectivity index (χ1v) is 11.6. The van der Waals surface area contributed by atoms with Crippen molar-refractivity contribution in [2.24, 2.45) is 0 Å². The van der Waals surface area contributed by atoms with Crippen molar-refractivity contribution in [2.75, 3.05) is 50.9 Å². The first-order chi connectivity index (χ1) is 15.1. The molecule has 162 valence electrons. The minimum Gasteiger partial charge on any atom is -0.497 e. The lowest BCUT2D eigenvalue weighted by molar-refractivity contribution is 0.269. The van der Waals surface area contributed by atoms with E-state index in [0.29, 0.717) is 18.5 Å². The number of benzene rings is 1. The monoisotopic (exact) mass is 439 g/mol. The lowest BCUT2D eigenvalue weighted by Gasteiger charge is -2.36. The molecule has 1 aromatic carbocycles. The molecule has 1 aliphatic heterocycles. The number of rotatable bonds is 7. The van der Waals surface area contributed by atoms with Crippen LogP contribution in [-0.2, 0) is 0 Å². The Kier molecular flexibility index (Phi) is 7.04. The maximum absolute atomic E-state index is 9.18. The van der Waals surface area contributed by atoms with Gasteiger partial charge >= 0.3 is 0 Å². The normalized spacial score (nSPS) is 15.3. The summed E-state index contributed by atoms with van der Waals surface area (Å²) < 4.78 is 5.39. The molecule has 1 aliphatic rings. The van der Waals surface area contributed by atoms with E-state index in [2.05, 4.69) is 14.8 Å². The fraction of sp³-hybridized carbons (Fsp3) is 0.318. The highest BCUT2D eigenvalue weighted by molar-refractivity contribution is 7.45. The van der Waals surface area contributed by atoms with E-state index < -0.39 is 8.38 Å². The number of methoxy groups -OCH3 is 1. The van der Waals surface area contributed by atoms with E-state index in [1.807, 2.05) is 42.5 Å². The van der Waals surface area contributed by atoms with Crippen molar-refractivity contribution in [2.45, 2.75) is 0 Å². The number of pyridine rings is 1. The summed E-state index contributed by atoms with van der Waals surface area (Å²) in [5.74, 6) is 2.30. The molecule has 0 saturated carbocycles. The Balaban J connectivity index is 1.61. The van der Waals surface area contributed by atoms with Crippen LogP contribution in [0.5, 0.6) is 5.75 Å². The van der Waals surface area contributed by atoms with Gasteiger partial charge < -0.3 is 19.4 Å². The van der Waals surface area contributed by atoms with E-state index in [9.17, 15) is 9.79 Å². The molecule has 0 atom stereocenters. The van der Waals surface area contributed by atoms with Crippen LogP contribution in [0.25, 0.3) is 23.1 Å². The Labute approximate surface area is 182 Å². The second-order valence-electron chi connectivity index (χ2n) is 7.33. The fourth-order valence-corrected chi connectivity index (χ4v) is 4.07. The first-order valence-electron chi connectivity index (χ1n) is 10.2. The summed E-state index contributed by atoms with van der Waals surface area (Å²) >= 11 is 0. The second-order valence-corrected chi connectivity index (χ2v) is 8.52. The van der Waals surface area contributed by atoms with Gasteiger partial charge in [-0.2, -0.15) is 0 Å². The van der Waals surface area contributed by atoms with Crippen molar-refractivity contribution in [3.8, 4) is 5.75 Å². The van der Waals surface area contributed by atoms with Gasteiger partial charge in [0.2, 0.25) is 0 Å². The topological polar surface area (TPSA) is 94.8 Å². The Morgan fingerprint density at radius 1 is 1.10 bits per heavy atom. The highest BCUT2D eigenvalue weighted by Crippen LogP contribution is 2.29. The fourth-order valence-electron chi connectivity index (χ4n) is 3.61. The van der Waals surface area contributed by atoms with Gasteiger partial charge in [-0.3, -0.25) is 9.88 Å². The summed E-state index contributed by atoms with van der Waals surface area (Å²) in [6, 6.07) is 9.76. The largest absolute Gasteiger partial charge is 0.497 e. The van der Waals surface area contributed by atoms with Crippen LogP contribution in [0.15, 0.2) is 42.7 Å². The summed E-state index contributed by atoms with van der Waals surface area (Å²) in [6.07, 6.45) is 7.83. The van der Waals surface area contributed by atoms with E-state index >= 15 is 0 Å². The van der Waals surface area contributed by atoms with Crippen molar-refractivity contribution in [1.29, 1.82) is 0 Å². The molecule has 31 heavy (non-hydrogen) atoms. The van der Waals surface area contributed by atoms with E-state index in [0.717, 1.165) is 54.2 Å². The number of ether oxygens (including phenoxy) is 1. The minimum atomic E-state index is -1.84. The van der Waals surface area contributed by atoms with E-state index in [1.165, 1.54) is 0 Å². The van der Waals surface area contributed by atoms with Crippen LogP contribution >= 0.6 is 8.38 Å². The van der Waals surface area contributed by atoms with Crippen molar-refractivity contribution >= 4 is 37.2 Å². The summed E-state index contributed by atoms with van der Waals surface area (Å²) in [5.41, 5.74) is 1.82. The Hall–Kier alpha value is -2.64. The van der Waals surface area contributed by atoms with Gasteiger partial charge in [0.1, 0.15) is 11.6 Å². The van der Waals surface area contributed by atoms with Crippen LogP contribution in [0.1, 0.15) is 11.4 Å². The SMILES string of the molecule is COc1ccc2c(N3CCN(CCP(O)O)CC3)nc(/C=C/c3cccnc3)nc2c1. The number of fused-ring (bicyclic) bond motifs is 1. The Morgan fingerprint density at radius 2 is 1.94 bits per heavy atom. The van der Waals surface area contributed by atoms with Crippen LogP contribution in [0.4, 0.5) is 5.82 Å². The van der Waals surface area contributed by atoms with Gasteiger partial charge in [0.25, 0.3) is 0 Å². The molecule has 3 aromatic rings.